The summed E-state index contributed by atoms with van der Waals surface area (Å²) in [7, 11) is 1.78. The minimum atomic E-state index is -0.255. The maximum Gasteiger partial charge on any atom is 0.277 e. The number of aromatic nitrogens is 3. The zero-order valence-corrected chi connectivity index (χ0v) is 13.7. The molecule has 4 aromatic rings. The fourth-order valence-electron chi connectivity index (χ4n) is 2.51. The fourth-order valence-corrected chi connectivity index (χ4v) is 3.22. The van der Waals surface area contributed by atoms with Crippen molar-refractivity contribution in [1.29, 1.82) is 0 Å². The van der Waals surface area contributed by atoms with Crippen molar-refractivity contribution in [3.05, 3.63) is 65.8 Å². The first-order chi connectivity index (χ1) is 11.7. The Kier molecular flexibility index (Phi) is 3.59. The van der Waals surface area contributed by atoms with Crippen molar-refractivity contribution in [2.24, 2.45) is 7.05 Å². The number of hydrogen-bond acceptors (Lipinski definition) is 4. The van der Waals surface area contributed by atoms with E-state index in [0.29, 0.717) is 10.8 Å². The van der Waals surface area contributed by atoms with Crippen LogP contribution in [0.1, 0.15) is 10.5 Å². The van der Waals surface area contributed by atoms with Crippen molar-refractivity contribution < 1.29 is 4.79 Å². The Morgan fingerprint density at radius 3 is 2.75 bits per heavy atom. The van der Waals surface area contributed by atoms with Crippen LogP contribution in [0.15, 0.2) is 60.1 Å². The van der Waals surface area contributed by atoms with Gasteiger partial charge in [-0.25, -0.2) is 4.98 Å². The number of hydrogen-bond donors (Lipinski definition) is 1. The molecule has 0 saturated carbocycles. The van der Waals surface area contributed by atoms with E-state index in [0.717, 1.165) is 11.3 Å². The highest BCUT2D eigenvalue weighted by Gasteiger charge is 2.12. The number of thiazole rings is 1. The Morgan fingerprint density at radius 1 is 1.12 bits per heavy atom. The molecular formula is C18H14N4OS. The normalized spacial score (nSPS) is 10.9. The molecule has 1 N–H and O–H groups in total. The lowest BCUT2D eigenvalue weighted by atomic mass is 10.1. The second-order valence-electron chi connectivity index (χ2n) is 5.43. The van der Waals surface area contributed by atoms with Crippen molar-refractivity contribution in [3.8, 4) is 11.3 Å². The first-order valence-electron chi connectivity index (χ1n) is 7.45. The molecular weight excluding hydrogens is 320 g/mol. The number of nitrogens with one attached hydrogen (secondary N) is 1. The molecule has 5 nitrogen and oxygen atoms in total. The summed E-state index contributed by atoms with van der Waals surface area (Å²) < 4.78 is 1.59. The lowest BCUT2D eigenvalue weighted by Crippen LogP contribution is -2.12. The number of fused-ring (bicyclic) bond motifs is 1. The molecule has 118 valence electrons. The first-order valence-corrected chi connectivity index (χ1v) is 8.33. The van der Waals surface area contributed by atoms with E-state index in [1.807, 2.05) is 23.6 Å². The molecule has 2 heterocycles. The van der Waals surface area contributed by atoms with E-state index in [4.69, 9.17) is 0 Å². The molecule has 0 saturated heterocycles. The monoisotopic (exact) mass is 334 g/mol. The number of nitrogens with zero attached hydrogens (tertiary/aromatic N) is 3. The SMILES string of the molecule is Cn1ccc(C(=O)Nc2nc(-c3ccc4ccccc4c3)cs2)n1. The van der Waals surface area contributed by atoms with Crippen molar-refractivity contribution >= 4 is 33.1 Å². The fraction of sp³-hybridized carbons (Fsp3) is 0.0556. The molecule has 0 unspecified atom stereocenters. The van der Waals surface area contributed by atoms with Crippen LogP contribution >= 0.6 is 11.3 Å². The van der Waals surface area contributed by atoms with E-state index in [1.54, 1.807) is 24.0 Å². The van der Waals surface area contributed by atoms with Crippen molar-refractivity contribution in [3.63, 3.8) is 0 Å². The van der Waals surface area contributed by atoms with E-state index in [9.17, 15) is 4.79 Å². The summed E-state index contributed by atoms with van der Waals surface area (Å²) in [5, 5.41) is 11.7. The van der Waals surface area contributed by atoms with Gasteiger partial charge in [0.25, 0.3) is 5.91 Å². The Bertz CT molecular complexity index is 1030. The summed E-state index contributed by atoms with van der Waals surface area (Å²) in [6.45, 7) is 0. The molecule has 24 heavy (non-hydrogen) atoms. The average molecular weight is 334 g/mol. The third-order valence-corrected chi connectivity index (χ3v) is 4.47. The zero-order valence-electron chi connectivity index (χ0n) is 12.9. The average Bonchev–Trinajstić information content (AvgIpc) is 3.23. The molecule has 0 spiro atoms. The van der Waals surface area contributed by atoms with Gasteiger partial charge in [0, 0.05) is 24.2 Å². The summed E-state index contributed by atoms with van der Waals surface area (Å²) >= 11 is 1.40. The predicted octanol–water partition coefficient (Wildman–Crippen LogP) is 3.95. The number of carbonyl (C=O) groups is 1. The first kappa shape index (κ1) is 14.6. The zero-order chi connectivity index (χ0) is 16.5. The highest BCUT2D eigenvalue weighted by Crippen LogP contribution is 2.27. The van der Waals surface area contributed by atoms with E-state index >= 15 is 0 Å². The smallest absolute Gasteiger partial charge is 0.277 e. The lowest BCUT2D eigenvalue weighted by Gasteiger charge is -2.01. The molecule has 0 fully saturated rings. The van der Waals surface area contributed by atoms with Crippen LogP contribution in [0, 0.1) is 0 Å². The summed E-state index contributed by atoms with van der Waals surface area (Å²) in [6.07, 6.45) is 1.73. The van der Waals surface area contributed by atoms with Gasteiger partial charge in [-0.15, -0.1) is 11.3 Å². The maximum absolute atomic E-state index is 12.1. The van der Waals surface area contributed by atoms with Gasteiger partial charge in [0.05, 0.1) is 5.69 Å². The molecule has 0 atom stereocenters. The molecule has 1 amide bonds. The van der Waals surface area contributed by atoms with Gasteiger partial charge in [-0.2, -0.15) is 5.10 Å². The molecule has 6 heteroatoms. The second kappa shape index (κ2) is 5.90. The van der Waals surface area contributed by atoms with Gasteiger partial charge in [0.1, 0.15) is 0 Å². The van der Waals surface area contributed by atoms with E-state index in [2.05, 4.69) is 39.7 Å². The van der Waals surface area contributed by atoms with Gasteiger partial charge >= 0.3 is 0 Å². The van der Waals surface area contributed by atoms with Gasteiger partial charge in [-0.3, -0.25) is 14.8 Å². The van der Waals surface area contributed by atoms with Gasteiger partial charge in [-0.1, -0.05) is 36.4 Å². The summed E-state index contributed by atoms with van der Waals surface area (Å²) in [5.74, 6) is -0.255. The molecule has 0 aliphatic carbocycles. The van der Waals surface area contributed by atoms with Crippen LogP contribution in [0.5, 0.6) is 0 Å². The van der Waals surface area contributed by atoms with Crippen molar-refractivity contribution in [1.82, 2.24) is 14.8 Å². The van der Waals surface area contributed by atoms with Gasteiger partial charge in [0.2, 0.25) is 0 Å². The van der Waals surface area contributed by atoms with Crippen LogP contribution in [0.25, 0.3) is 22.0 Å². The largest absolute Gasteiger partial charge is 0.296 e. The van der Waals surface area contributed by atoms with Crippen LogP contribution < -0.4 is 5.32 Å². The standard InChI is InChI=1S/C18H14N4OS/c1-22-9-8-15(21-22)17(23)20-18-19-16(11-24-18)14-7-6-12-4-2-3-5-13(12)10-14/h2-11H,1H3,(H,19,20,23). The number of carbonyl (C=O) groups excluding carboxylic acids is 1. The van der Waals surface area contributed by atoms with Crippen LogP contribution in [0.2, 0.25) is 0 Å². The van der Waals surface area contributed by atoms with Crippen molar-refractivity contribution in [2.75, 3.05) is 5.32 Å². The van der Waals surface area contributed by atoms with Gasteiger partial charge in [0.15, 0.2) is 10.8 Å². The Balaban J connectivity index is 1.58. The number of rotatable bonds is 3. The predicted molar refractivity (Wildman–Crippen MR) is 96.2 cm³/mol. The topological polar surface area (TPSA) is 59.8 Å². The highest BCUT2D eigenvalue weighted by atomic mass is 32.1. The van der Waals surface area contributed by atoms with E-state index in [-0.39, 0.29) is 5.91 Å². The summed E-state index contributed by atoms with van der Waals surface area (Å²) in [4.78, 5) is 16.6. The molecule has 4 rings (SSSR count). The van der Waals surface area contributed by atoms with Crippen molar-refractivity contribution in [2.45, 2.75) is 0 Å². The number of aryl methyl sites for hydroxylation is 1. The summed E-state index contributed by atoms with van der Waals surface area (Å²) in [5.41, 5.74) is 2.25. The third kappa shape index (κ3) is 2.79. The minimum absolute atomic E-state index is 0.255. The van der Waals surface area contributed by atoms with Gasteiger partial charge < -0.3 is 0 Å². The number of benzene rings is 2. The molecule has 0 aliphatic heterocycles. The Morgan fingerprint density at radius 2 is 1.96 bits per heavy atom. The van der Waals surface area contributed by atoms with Crippen LogP contribution in [0.4, 0.5) is 5.13 Å². The number of anilines is 1. The van der Waals surface area contributed by atoms with E-state index < -0.39 is 0 Å². The van der Waals surface area contributed by atoms with Crippen LogP contribution in [-0.4, -0.2) is 20.7 Å². The molecule has 0 aliphatic rings. The van der Waals surface area contributed by atoms with Crippen LogP contribution in [-0.2, 0) is 7.05 Å². The minimum Gasteiger partial charge on any atom is -0.296 e. The Labute approximate surface area is 142 Å². The van der Waals surface area contributed by atoms with Gasteiger partial charge in [-0.05, 0) is 22.9 Å². The second-order valence-corrected chi connectivity index (χ2v) is 6.29. The highest BCUT2D eigenvalue weighted by molar-refractivity contribution is 7.14. The lowest BCUT2D eigenvalue weighted by molar-refractivity contribution is 0.102. The number of amides is 1. The maximum atomic E-state index is 12.1. The quantitative estimate of drug-likeness (QED) is 0.617. The molecule has 0 bridgehead atoms. The summed E-state index contributed by atoms with van der Waals surface area (Å²) in [6, 6.07) is 16.1. The van der Waals surface area contributed by atoms with Crippen LogP contribution in [0.3, 0.4) is 0 Å². The Hall–Kier alpha value is -2.99. The van der Waals surface area contributed by atoms with E-state index in [1.165, 1.54) is 22.1 Å². The third-order valence-electron chi connectivity index (χ3n) is 3.72. The molecule has 0 radical (unpaired) electrons. The molecule has 2 aromatic carbocycles. The molecule has 2 aromatic heterocycles.